The van der Waals surface area contributed by atoms with Crippen LogP contribution >= 0.6 is 11.6 Å². The number of aryl methyl sites for hydroxylation is 1. The number of phenols is 1. The molecular formula is C17H15ClN2O. The normalized spacial score (nSPS) is 10.8. The minimum Gasteiger partial charge on any atom is -0.506 e. The van der Waals surface area contributed by atoms with E-state index < -0.39 is 0 Å². The summed E-state index contributed by atoms with van der Waals surface area (Å²) in [7, 11) is 0. The minimum absolute atomic E-state index is 0.106. The molecule has 0 saturated heterocycles. The fraction of sp³-hybridized carbons (Fsp3) is 0.118. The third-order valence-electron chi connectivity index (χ3n) is 3.43. The van der Waals surface area contributed by atoms with Crippen molar-refractivity contribution >= 4 is 11.6 Å². The van der Waals surface area contributed by atoms with Gasteiger partial charge in [0.15, 0.2) is 0 Å². The lowest BCUT2D eigenvalue weighted by molar-refractivity contribution is 0.475. The lowest BCUT2D eigenvalue weighted by atomic mass is 10.0. The molecule has 21 heavy (non-hydrogen) atoms. The predicted molar refractivity (Wildman–Crippen MR) is 84.6 cm³/mol. The molecule has 1 heterocycles. The summed E-state index contributed by atoms with van der Waals surface area (Å²) in [5.74, 6) is 0.106. The van der Waals surface area contributed by atoms with Crippen LogP contribution in [-0.2, 0) is 6.54 Å². The van der Waals surface area contributed by atoms with Gasteiger partial charge < -0.3 is 5.11 Å². The van der Waals surface area contributed by atoms with E-state index in [1.165, 1.54) is 5.56 Å². The molecule has 0 aliphatic rings. The first-order valence-electron chi connectivity index (χ1n) is 6.69. The Labute approximate surface area is 128 Å². The lowest BCUT2D eigenvalue weighted by Crippen LogP contribution is -1.99. The SMILES string of the molecule is Cc1cc(O)c(Cl)cc1-c1cnn(Cc2ccccc2)c1. The molecule has 0 spiro atoms. The Morgan fingerprint density at radius 3 is 2.71 bits per heavy atom. The van der Waals surface area contributed by atoms with Gasteiger partial charge in [-0.3, -0.25) is 4.68 Å². The number of hydrogen-bond acceptors (Lipinski definition) is 2. The second-order valence-electron chi connectivity index (χ2n) is 5.03. The minimum atomic E-state index is 0.106. The van der Waals surface area contributed by atoms with Crippen LogP contribution in [0, 0.1) is 6.92 Å². The van der Waals surface area contributed by atoms with Gasteiger partial charge in [0.1, 0.15) is 5.75 Å². The highest BCUT2D eigenvalue weighted by atomic mass is 35.5. The monoisotopic (exact) mass is 298 g/mol. The topological polar surface area (TPSA) is 38.1 Å². The van der Waals surface area contributed by atoms with Crippen LogP contribution in [0.15, 0.2) is 54.9 Å². The van der Waals surface area contributed by atoms with E-state index in [2.05, 4.69) is 17.2 Å². The summed E-state index contributed by atoms with van der Waals surface area (Å²) in [5, 5.41) is 14.4. The smallest absolute Gasteiger partial charge is 0.134 e. The predicted octanol–water partition coefficient (Wildman–Crippen LogP) is 4.27. The molecule has 0 radical (unpaired) electrons. The van der Waals surface area contributed by atoms with Crippen molar-refractivity contribution in [2.45, 2.75) is 13.5 Å². The van der Waals surface area contributed by atoms with Crippen molar-refractivity contribution in [2.75, 3.05) is 0 Å². The van der Waals surface area contributed by atoms with E-state index >= 15 is 0 Å². The van der Waals surface area contributed by atoms with Crippen molar-refractivity contribution in [3.63, 3.8) is 0 Å². The van der Waals surface area contributed by atoms with Crippen LogP contribution in [0.3, 0.4) is 0 Å². The van der Waals surface area contributed by atoms with E-state index in [9.17, 15) is 5.11 Å². The lowest BCUT2D eigenvalue weighted by Gasteiger charge is -2.06. The number of phenolic OH excluding ortho intramolecular Hbond substituents is 1. The maximum absolute atomic E-state index is 9.62. The zero-order valence-corrected chi connectivity index (χ0v) is 12.4. The highest BCUT2D eigenvalue weighted by Gasteiger charge is 2.09. The average molecular weight is 299 g/mol. The summed E-state index contributed by atoms with van der Waals surface area (Å²) in [6.07, 6.45) is 3.81. The number of rotatable bonds is 3. The number of aromatic nitrogens is 2. The van der Waals surface area contributed by atoms with Gasteiger partial charge in [-0.25, -0.2) is 0 Å². The van der Waals surface area contributed by atoms with Gasteiger partial charge in [0, 0.05) is 11.8 Å². The molecule has 0 amide bonds. The quantitative estimate of drug-likeness (QED) is 0.784. The Morgan fingerprint density at radius 1 is 1.19 bits per heavy atom. The first-order chi connectivity index (χ1) is 10.1. The molecule has 3 rings (SSSR count). The van der Waals surface area contributed by atoms with Gasteiger partial charge in [-0.1, -0.05) is 41.9 Å². The molecule has 0 atom stereocenters. The summed E-state index contributed by atoms with van der Waals surface area (Å²) in [5.41, 5.74) is 4.14. The van der Waals surface area contributed by atoms with Crippen LogP contribution in [0.4, 0.5) is 0 Å². The van der Waals surface area contributed by atoms with Crippen LogP contribution in [0.1, 0.15) is 11.1 Å². The van der Waals surface area contributed by atoms with Crippen LogP contribution in [0.2, 0.25) is 5.02 Å². The first-order valence-corrected chi connectivity index (χ1v) is 7.07. The van der Waals surface area contributed by atoms with E-state index in [1.54, 1.807) is 12.1 Å². The third-order valence-corrected chi connectivity index (χ3v) is 3.73. The Balaban J connectivity index is 1.90. The molecular weight excluding hydrogens is 284 g/mol. The molecule has 0 unspecified atom stereocenters. The van der Waals surface area contributed by atoms with E-state index in [1.807, 2.05) is 42.2 Å². The zero-order valence-electron chi connectivity index (χ0n) is 11.6. The number of hydrogen-bond donors (Lipinski definition) is 1. The highest BCUT2D eigenvalue weighted by Crippen LogP contribution is 2.32. The van der Waals surface area contributed by atoms with Crippen molar-refractivity contribution in [1.82, 2.24) is 9.78 Å². The standard InChI is InChI=1S/C17H15ClN2O/c1-12-7-17(21)16(18)8-15(12)14-9-19-20(11-14)10-13-5-3-2-4-6-13/h2-9,11,21H,10H2,1H3. The molecule has 2 aromatic carbocycles. The number of aromatic hydroxyl groups is 1. The second kappa shape index (κ2) is 5.62. The second-order valence-corrected chi connectivity index (χ2v) is 5.44. The van der Waals surface area contributed by atoms with Gasteiger partial charge in [-0.05, 0) is 35.7 Å². The van der Waals surface area contributed by atoms with Gasteiger partial charge in [0.05, 0.1) is 17.8 Å². The fourth-order valence-electron chi connectivity index (χ4n) is 2.34. The molecule has 3 nitrogen and oxygen atoms in total. The maximum Gasteiger partial charge on any atom is 0.134 e. The van der Waals surface area contributed by atoms with Gasteiger partial charge in [-0.2, -0.15) is 5.10 Å². The van der Waals surface area contributed by atoms with E-state index in [0.29, 0.717) is 5.02 Å². The highest BCUT2D eigenvalue weighted by molar-refractivity contribution is 6.32. The molecule has 106 valence electrons. The molecule has 3 aromatic rings. The molecule has 1 N–H and O–H groups in total. The van der Waals surface area contributed by atoms with Gasteiger partial charge in [-0.15, -0.1) is 0 Å². The van der Waals surface area contributed by atoms with Crippen molar-refractivity contribution in [1.29, 1.82) is 0 Å². The molecule has 0 saturated carbocycles. The Bertz CT molecular complexity index is 766. The van der Waals surface area contributed by atoms with Gasteiger partial charge in [0.2, 0.25) is 0 Å². The van der Waals surface area contributed by atoms with Crippen LogP contribution in [0.5, 0.6) is 5.75 Å². The van der Waals surface area contributed by atoms with Crippen molar-refractivity contribution in [3.8, 4) is 16.9 Å². The summed E-state index contributed by atoms with van der Waals surface area (Å²) < 4.78 is 1.89. The summed E-state index contributed by atoms with van der Waals surface area (Å²) >= 11 is 6.00. The summed E-state index contributed by atoms with van der Waals surface area (Å²) in [4.78, 5) is 0. The van der Waals surface area contributed by atoms with Crippen LogP contribution < -0.4 is 0 Å². The molecule has 0 bridgehead atoms. The Hall–Kier alpha value is -2.26. The van der Waals surface area contributed by atoms with E-state index in [4.69, 9.17) is 11.6 Å². The third kappa shape index (κ3) is 2.93. The maximum atomic E-state index is 9.62. The molecule has 1 aromatic heterocycles. The zero-order chi connectivity index (χ0) is 14.8. The Morgan fingerprint density at radius 2 is 1.95 bits per heavy atom. The summed E-state index contributed by atoms with van der Waals surface area (Å²) in [6, 6.07) is 13.6. The van der Waals surface area contributed by atoms with Gasteiger partial charge in [0.25, 0.3) is 0 Å². The average Bonchev–Trinajstić information content (AvgIpc) is 2.92. The summed E-state index contributed by atoms with van der Waals surface area (Å²) in [6.45, 7) is 2.67. The van der Waals surface area contributed by atoms with E-state index in [-0.39, 0.29) is 5.75 Å². The van der Waals surface area contributed by atoms with Crippen molar-refractivity contribution in [2.24, 2.45) is 0 Å². The van der Waals surface area contributed by atoms with E-state index in [0.717, 1.165) is 23.2 Å². The first kappa shape index (κ1) is 13.7. The largest absolute Gasteiger partial charge is 0.506 e. The number of halogens is 1. The number of nitrogens with zero attached hydrogens (tertiary/aromatic N) is 2. The van der Waals surface area contributed by atoms with Crippen LogP contribution in [-0.4, -0.2) is 14.9 Å². The van der Waals surface area contributed by atoms with Gasteiger partial charge >= 0.3 is 0 Å². The fourth-order valence-corrected chi connectivity index (χ4v) is 2.50. The molecule has 0 aliphatic heterocycles. The molecule has 0 aliphatic carbocycles. The van der Waals surface area contributed by atoms with Crippen molar-refractivity contribution < 1.29 is 5.11 Å². The molecule has 0 fully saturated rings. The molecule has 4 heteroatoms. The van der Waals surface area contributed by atoms with Crippen LogP contribution in [0.25, 0.3) is 11.1 Å². The van der Waals surface area contributed by atoms with Crippen molar-refractivity contribution in [3.05, 3.63) is 71.0 Å². The Kier molecular flexibility index (Phi) is 3.67. The number of benzene rings is 2.